The lowest BCUT2D eigenvalue weighted by Gasteiger charge is -2.15. The van der Waals surface area contributed by atoms with E-state index in [-0.39, 0.29) is 0 Å². The van der Waals surface area contributed by atoms with E-state index >= 15 is 0 Å². The Morgan fingerprint density at radius 2 is 1.68 bits per heavy atom. The van der Waals surface area contributed by atoms with Crippen molar-refractivity contribution in [2.45, 2.75) is 13.0 Å². The number of aromatic nitrogens is 1. The quantitative estimate of drug-likeness (QED) is 0.612. The number of pyridine rings is 1. The molecule has 3 rings (SSSR count). The molecule has 0 aliphatic carbocycles. The Kier molecular flexibility index (Phi) is 5.09. The Morgan fingerprint density at radius 1 is 0.960 bits per heavy atom. The van der Waals surface area contributed by atoms with Crippen molar-refractivity contribution in [2.24, 2.45) is 0 Å². The van der Waals surface area contributed by atoms with E-state index in [9.17, 15) is 9.59 Å². The second-order valence-electron chi connectivity index (χ2n) is 5.57. The summed E-state index contributed by atoms with van der Waals surface area (Å²) in [5, 5.41) is 6.05. The van der Waals surface area contributed by atoms with Crippen LogP contribution in [0.25, 0.3) is 0 Å². The molecule has 0 atom stereocenters. The third-order valence-electron chi connectivity index (χ3n) is 3.97. The number of para-hydroxylation sites is 1. The fraction of sp³-hybridized carbons (Fsp3) is 0.211. The summed E-state index contributed by atoms with van der Waals surface area (Å²) in [6, 6.07) is 13.3. The van der Waals surface area contributed by atoms with Crippen LogP contribution < -0.4 is 26.2 Å². The minimum absolute atomic E-state index is 0.329. The van der Waals surface area contributed by atoms with E-state index in [0.29, 0.717) is 30.9 Å². The summed E-state index contributed by atoms with van der Waals surface area (Å²) in [6.07, 6.45) is 2.37. The topological polar surface area (TPSA) is 80.3 Å². The summed E-state index contributed by atoms with van der Waals surface area (Å²) >= 11 is 0. The minimum atomic E-state index is -0.490. The molecule has 6 heteroatoms. The SMILES string of the molecule is COc1ccccc1CCNc1c(NCc2ccccn2)c(=O)c1=O. The molecule has 0 unspecified atom stereocenters. The second kappa shape index (κ2) is 7.61. The highest BCUT2D eigenvalue weighted by atomic mass is 16.5. The smallest absolute Gasteiger partial charge is 0.253 e. The van der Waals surface area contributed by atoms with E-state index in [2.05, 4.69) is 15.6 Å². The Bertz CT molecular complexity index is 915. The highest BCUT2D eigenvalue weighted by Crippen LogP contribution is 2.19. The fourth-order valence-electron chi connectivity index (χ4n) is 2.64. The first kappa shape index (κ1) is 16.7. The normalized spacial score (nSPS) is 10.6. The molecule has 128 valence electrons. The lowest BCUT2D eigenvalue weighted by atomic mass is 10.1. The van der Waals surface area contributed by atoms with Crippen molar-refractivity contribution in [3.05, 3.63) is 80.4 Å². The van der Waals surface area contributed by atoms with Crippen molar-refractivity contribution in [3.8, 4) is 5.75 Å². The van der Waals surface area contributed by atoms with Crippen LogP contribution in [0.5, 0.6) is 5.75 Å². The number of benzene rings is 1. The Morgan fingerprint density at radius 3 is 2.40 bits per heavy atom. The Balaban J connectivity index is 1.61. The van der Waals surface area contributed by atoms with E-state index in [4.69, 9.17) is 4.74 Å². The van der Waals surface area contributed by atoms with Crippen LogP contribution in [0.4, 0.5) is 11.4 Å². The molecule has 2 aromatic carbocycles. The van der Waals surface area contributed by atoms with Crippen LogP contribution in [0.2, 0.25) is 0 Å². The van der Waals surface area contributed by atoms with E-state index in [1.807, 2.05) is 42.5 Å². The number of hydrogen-bond donors (Lipinski definition) is 2. The van der Waals surface area contributed by atoms with Gasteiger partial charge in [-0.25, -0.2) is 0 Å². The second-order valence-corrected chi connectivity index (χ2v) is 5.57. The zero-order valence-corrected chi connectivity index (χ0v) is 13.9. The summed E-state index contributed by atoms with van der Waals surface area (Å²) in [4.78, 5) is 27.8. The minimum Gasteiger partial charge on any atom is -0.496 e. The first-order valence-corrected chi connectivity index (χ1v) is 8.03. The van der Waals surface area contributed by atoms with Crippen LogP contribution >= 0.6 is 0 Å². The predicted octanol–water partition coefficient (Wildman–Crippen LogP) is 1.95. The molecule has 1 heterocycles. The fourth-order valence-corrected chi connectivity index (χ4v) is 2.64. The van der Waals surface area contributed by atoms with Crippen molar-refractivity contribution in [2.75, 3.05) is 24.3 Å². The average molecular weight is 337 g/mol. The molecule has 25 heavy (non-hydrogen) atoms. The molecular weight excluding hydrogens is 318 g/mol. The van der Waals surface area contributed by atoms with Crippen molar-refractivity contribution in [3.63, 3.8) is 0 Å². The molecule has 2 N–H and O–H groups in total. The molecule has 0 fully saturated rings. The van der Waals surface area contributed by atoms with Gasteiger partial charge in [0.15, 0.2) is 0 Å². The van der Waals surface area contributed by atoms with Crippen LogP contribution in [0, 0.1) is 0 Å². The number of ether oxygens (including phenoxy) is 1. The summed E-state index contributed by atoms with van der Waals surface area (Å²) in [7, 11) is 1.63. The maximum atomic E-state index is 11.8. The zero-order valence-electron chi connectivity index (χ0n) is 13.9. The first-order chi connectivity index (χ1) is 12.2. The van der Waals surface area contributed by atoms with Crippen LogP contribution in [0.15, 0.2) is 58.3 Å². The number of rotatable bonds is 8. The van der Waals surface area contributed by atoms with Gasteiger partial charge < -0.3 is 15.4 Å². The highest BCUT2D eigenvalue weighted by molar-refractivity contribution is 5.73. The molecule has 0 aliphatic heterocycles. The molecule has 0 bridgehead atoms. The van der Waals surface area contributed by atoms with E-state index < -0.39 is 10.9 Å². The standard InChI is InChI=1S/C19H19N3O3/c1-25-15-8-3-2-6-13(15)9-11-21-16-17(19(24)18(16)23)22-12-14-7-4-5-10-20-14/h2-8,10,21-22H,9,11-12H2,1H3. The largest absolute Gasteiger partial charge is 0.496 e. The van der Waals surface area contributed by atoms with E-state index in [1.54, 1.807) is 13.3 Å². The zero-order chi connectivity index (χ0) is 17.6. The van der Waals surface area contributed by atoms with Gasteiger partial charge in [0.25, 0.3) is 10.9 Å². The molecule has 0 radical (unpaired) electrons. The van der Waals surface area contributed by atoms with E-state index in [1.165, 1.54) is 0 Å². The number of nitrogens with zero attached hydrogens (tertiary/aromatic N) is 1. The van der Waals surface area contributed by atoms with Crippen molar-refractivity contribution >= 4 is 11.4 Å². The molecule has 0 spiro atoms. The van der Waals surface area contributed by atoms with Crippen molar-refractivity contribution in [1.82, 2.24) is 4.98 Å². The third-order valence-corrected chi connectivity index (χ3v) is 3.97. The molecule has 0 saturated carbocycles. The van der Waals surface area contributed by atoms with Gasteiger partial charge >= 0.3 is 0 Å². The number of nitrogens with one attached hydrogen (secondary N) is 2. The number of methoxy groups -OCH3 is 1. The van der Waals surface area contributed by atoms with Gasteiger partial charge in [0.2, 0.25) is 0 Å². The number of hydrogen-bond acceptors (Lipinski definition) is 6. The van der Waals surface area contributed by atoms with Gasteiger partial charge in [-0.3, -0.25) is 14.6 Å². The molecule has 0 aliphatic rings. The Hall–Kier alpha value is -3.15. The van der Waals surface area contributed by atoms with Gasteiger partial charge in [-0.15, -0.1) is 0 Å². The Labute approximate surface area is 145 Å². The lowest BCUT2D eigenvalue weighted by Crippen LogP contribution is -2.37. The van der Waals surface area contributed by atoms with Crippen molar-refractivity contribution in [1.29, 1.82) is 0 Å². The highest BCUT2D eigenvalue weighted by Gasteiger charge is 2.20. The molecule has 6 nitrogen and oxygen atoms in total. The van der Waals surface area contributed by atoms with Gasteiger partial charge in [0.05, 0.1) is 19.3 Å². The summed E-state index contributed by atoms with van der Waals surface area (Å²) in [5.74, 6) is 0.808. The molecule has 3 aromatic rings. The van der Waals surface area contributed by atoms with Gasteiger partial charge in [-0.1, -0.05) is 24.3 Å². The predicted molar refractivity (Wildman–Crippen MR) is 98.1 cm³/mol. The van der Waals surface area contributed by atoms with Gasteiger partial charge in [0, 0.05) is 12.7 Å². The maximum Gasteiger partial charge on any atom is 0.253 e. The molecular formula is C19H19N3O3. The van der Waals surface area contributed by atoms with Gasteiger partial charge in [0.1, 0.15) is 17.1 Å². The maximum absolute atomic E-state index is 11.8. The monoisotopic (exact) mass is 337 g/mol. The summed E-state index contributed by atoms with van der Waals surface area (Å²) in [6.45, 7) is 0.927. The van der Waals surface area contributed by atoms with Gasteiger partial charge in [-0.2, -0.15) is 0 Å². The van der Waals surface area contributed by atoms with Crippen LogP contribution in [-0.4, -0.2) is 18.6 Å². The summed E-state index contributed by atoms with van der Waals surface area (Å²) < 4.78 is 5.31. The van der Waals surface area contributed by atoms with Crippen LogP contribution in [0.1, 0.15) is 11.3 Å². The first-order valence-electron chi connectivity index (χ1n) is 8.03. The van der Waals surface area contributed by atoms with Crippen LogP contribution in [-0.2, 0) is 13.0 Å². The lowest BCUT2D eigenvalue weighted by molar-refractivity contribution is 0.410. The average Bonchev–Trinajstić information content (AvgIpc) is 2.67. The van der Waals surface area contributed by atoms with Crippen LogP contribution in [0.3, 0.4) is 0 Å². The summed E-state index contributed by atoms with van der Waals surface area (Å²) in [5.41, 5.74) is 1.54. The molecule has 0 amide bonds. The van der Waals surface area contributed by atoms with E-state index in [0.717, 1.165) is 17.0 Å². The van der Waals surface area contributed by atoms with Crippen molar-refractivity contribution < 1.29 is 4.74 Å². The molecule has 0 saturated heterocycles. The third kappa shape index (κ3) is 3.68. The van der Waals surface area contributed by atoms with Gasteiger partial charge in [-0.05, 0) is 30.2 Å². The number of anilines is 2. The molecule has 1 aromatic heterocycles.